The third-order valence-corrected chi connectivity index (χ3v) is 10.8. The Hall–Kier alpha value is -6.86. The van der Waals surface area contributed by atoms with Crippen LogP contribution in [0.15, 0.2) is 158 Å². The Morgan fingerprint density at radius 2 is 0.554 bits per heavy atom. The first-order valence-corrected chi connectivity index (χ1v) is 18.9. The van der Waals surface area contributed by atoms with Crippen molar-refractivity contribution in [2.75, 3.05) is 0 Å². The van der Waals surface area contributed by atoms with Crippen molar-refractivity contribution in [2.24, 2.45) is 0 Å². The van der Waals surface area contributed by atoms with E-state index in [4.69, 9.17) is 43.1 Å². The van der Waals surface area contributed by atoms with Crippen molar-refractivity contribution in [3.63, 3.8) is 0 Å². The van der Waals surface area contributed by atoms with Crippen LogP contribution in [0.3, 0.4) is 0 Å². The lowest BCUT2D eigenvalue weighted by Crippen LogP contribution is -1.93. The SMILES string of the molecule is Clc1cc(-c2ccc3ccc4cccnc4c3n2)cc(-c2ccc3ccc4ccc(-c5cc(Cl)cc(-c6ccc7ccc8cccnc8c7n6)c5)nc4c3n2)c1. The van der Waals surface area contributed by atoms with Gasteiger partial charge in [0.1, 0.15) is 0 Å². The smallest absolute Gasteiger partial charge is 0.0972 e. The fraction of sp³-hybridized carbons (Fsp3) is 0. The summed E-state index contributed by atoms with van der Waals surface area (Å²) in [6, 6.07) is 48.8. The van der Waals surface area contributed by atoms with Gasteiger partial charge in [0.25, 0.3) is 0 Å². The second-order valence-corrected chi connectivity index (χ2v) is 14.7. The predicted octanol–water partition coefficient (Wildman–Crippen LogP) is 13.0. The molecule has 262 valence electrons. The maximum Gasteiger partial charge on any atom is 0.0972 e. The first kappa shape index (κ1) is 32.6. The van der Waals surface area contributed by atoms with Crippen molar-refractivity contribution in [1.29, 1.82) is 0 Å². The molecule has 0 saturated carbocycles. The van der Waals surface area contributed by atoms with Crippen LogP contribution in [0, 0.1) is 0 Å². The number of pyridine rings is 6. The summed E-state index contributed by atoms with van der Waals surface area (Å²) in [6.07, 6.45) is 3.60. The fourth-order valence-corrected chi connectivity index (χ4v) is 8.10. The molecule has 0 radical (unpaired) electrons. The Morgan fingerprint density at radius 1 is 0.286 bits per heavy atom. The maximum absolute atomic E-state index is 6.79. The predicted molar refractivity (Wildman–Crippen MR) is 230 cm³/mol. The molecule has 0 unspecified atom stereocenters. The summed E-state index contributed by atoms with van der Waals surface area (Å²) in [5, 5.41) is 7.31. The van der Waals surface area contributed by atoms with Crippen LogP contribution in [0.4, 0.5) is 0 Å². The van der Waals surface area contributed by atoms with E-state index < -0.39 is 0 Å². The molecule has 0 aliphatic rings. The molecule has 0 aliphatic heterocycles. The van der Waals surface area contributed by atoms with Crippen molar-refractivity contribution in [2.45, 2.75) is 0 Å². The van der Waals surface area contributed by atoms with E-state index >= 15 is 0 Å². The standard InChI is InChI=1S/C48H26Cl2N6/c49-37-23-33(39-15-11-29-7-5-27-3-1-19-51-43(27)45(29)53-39)21-35(25-37)41-17-13-31-9-10-32-14-18-42(56-48(32)47(31)55-41)36-22-34(24-38(50)26-36)40-16-12-30-8-6-28-4-2-20-52-44(28)46(30)54-40/h1-26H. The Kier molecular flexibility index (Phi) is 7.49. The maximum atomic E-state index is 6.79. The third kappa shape index (κ3) is 5.58. The molecule has 8 heteroatoms. The molecule has 6 aromatic heterocycles. The number of hydrogen-bond acceptors (Lipinski definition) is 6. The average molecular weight is 758 g/mol. The highest BCUT2D eigenvalue weighted by Crippen LogP contribution is 2.35. The summed E-state index contributed by atoms with van der Waals surface area (Å²) < 4.78 is 0. The quantitative estimate of drug-likeness (QED) is 0.166. The molecule has 6 nitrogen and oxygen atoms in total. The number of halogens is 2. The van der Waals surface area contributed by atoms with E-state index in [2.05, 4.69) is 94.9 Å². The minimum atomic E-state index is 0.595. The monoisotopic (exact) mass is 756 g/mol. The van der Waals surface area contributed by atoms with Crippen LogP contribution in [0.2, 0.25) is 10.0 Å². The number of hydrogen-bond donors (Lipinski definition) is 0. The van der Waals surface area contributed by atoms with Crippen LogP contribution in [0.1, 0.15) is 0 Å². The molecule has 0 spiro atoms. The molecule has 56 heavy (non-hydrogen) atoms. The molecule has 5 aromatic carbocycles. The highest BCUT2D eigenvalue weighted by atomic mass is 35.5. The molecule has 0 amide bonds. The second kappa shape index (κ2) is 12.9. The Balaban J connectivity index is 1.00. The first-order valence-electron chi connectivity index (χ1n) is 18.1. The van der Waals surface area contributed by atoms with Crippen molar-refractivity contribution in [3.05, 3.63) is 168 Å². The van der Waals surface area contributed by atoms with Gasteiger partial charge in [-0.3, -0.25) is 9.97 Å². The number of rotatable bonds is 4. The zero-order valence-electron chi connectivity index (χ0n) is 29.5. The van der Waals surface area contributed by atoms with Crippen LogP contribution in [0.25, 0.3) is 110 Å². The van der Waals surface area contributed by atoms with Crippen molar-refractivity contribution in [3.8, 4) is 45.0 Å². The van der Waals surface area contributed by atoms with Crippen molar-refractivity contribution < 1.29 is 0 Å². The van der Waals surface area contributed by atoms with Gasteiger partial charge in [0.2, 0.25) is 0 Å². The number of nitrogens with zero attached hydrogens (tertiary/aromatic N) is 6. The van der Waals surface area contributed by atoms with Gasteiger partial charge in [-0.2, -0.15) is 0 Å². The fourth-order valence-electron chi connectivity index (χ4n) is 7.63. The first-order chi connectivity index (χ1) is 27.5. The average Bonchev–Trinajstić information content (AvgIpc) is 3.25. The van der Waals surface area contributed by atoms with Gasteiger partial charge in [-0.15, -0.1) is 0 Å². The highest BCUT2D eigenvalue weighted by Gasteiger charge is 2.14. The van der Waals surface area contributed by atoms with Gasteiger partial charge in [-0.25, -0.2) is 19.9 Å². The van der Waals surface area contributed by atoms with E-state index in [0.717, 1.165) is 110 Å². The number of benzene rings is 5. The summed E-state index contributed by atoms with van der Waals surface area (Å²) >= 11 is 13.6. The van der Waals surface area contributed by atoms with E-state index in [1.54, 1.807) is 12.4 Å². The largest absolute Gasteiger partial charge is 0.254 e. The molecular formula is C48H26Cl2N6. The summed E-state index contributed by atoms with van der Waals surface area (Å²) in [6.45, 7) is 0. The van der Waals surface area contributed by atoms with E-state index in [1.165, 1.54) is 0 Å². The molecule has 0 bridgehead atoms. The zero-order chi connectivity index (χ0) is 37.3. The Bertz CT molecular complexity index is 3190. The summed E-state index contributed by atoms with van der Waals surface area (Å²) in [5.41, 5.74) is 11.8. The van der Waals surface area contributed by atoms with Gasteiger partial charge >= 0.3 is 0 Å². The zero-order valence-corrected chi connectivity index (χ0v) is 31.0. The summed E-state index contributed by atoms with van der Waals surface area (Å²) in [7, 11) is 0. The van der Waals surface area contributed by atoms with E-state index in [1.807, 2.05) is 60.7 Å². The van der Waals surface area contributed by atoms with Crippen molar-refractivity contribution in [1.82, 2.24) is 29.9 Å². The summed E-state index contributed by atoms with van der Waals surface area (Å²) in [5.74, 6) is 0. The van der Waals surface area contributed by atoms with Crippen LogP contribution in [-0.4, -0.2) is 29.9 Å². The normalized spacial score (nSPS) is 11.8. The molecule has 11 aromatic rings. The molecule has 0 saturated heterocycles. The molecule has 0 aliphatic carbocycles. The second-order valence-electron chi connectivity index (χ2n) is 13.9. The van der Waals surface area contributed by atoms with Gasteiger partial charge < -0.3 is 0 Å². The van der Waals surface area contributed by atoms with Gasteiger partial charge in [-0.1, -0.05) is 96.0 Å². The third-order valence-electron chi connectivity index (χ3n) is 10.4. The lowest BCUT2D eigenvalue weighted by Gasteiger charge is -2.11. The van der Waals surface area contributed by atoms with E-state index in [-0.39, 0.29) is 0 Å². The van der Waals surface area contributed by atoms with Gasteiger partial charge in [0.05, 0.1) is 55.9 Å². The topological polar surface area (TPSA) is 77.3 Å². The van der Waals surface area contributed by atoms with E-state index in [9.17, 15) is 0 Å². The molecule has 0 atom stereocenters. The van der Waals surface area contributed by atoms with Crippen LogP contribution in [0.5, 0.6) is 0 Å². The Morgan fingerprint density at radius 3 is 0.875 bits per heavy atom. The minimum absolute atomic E-state index is 0.595. The van der Waals surface area contributed by atoms with Crippen molar-refractivity contribution >= 4 is 88.6 Å². The van der Waals surface area contributed by atoms with Gasteiger partial charge in [0.15, 0.2) is 0 Å². The number of aromatic nitrogens is 6. The minimum Gasteiger partial charge on any atom is -0.254 e. The highest BCUT2D eigenvalue weighted by molar-refractivity contribution is 6.31. The van der Waals surface area contributed by atoms with Crippen LogP contribution < -0.4 is 0 Å². The number of fused-ring (bicyclic) bond motifs is 9. The van der Waals surface area contributed by atoms with E-state index in [0.29, 0.717) is 10.0 Å². The molecule has 6 heterocycles. The van der Waals surface area contributed by atoms with Gasteiger partial charge in [0, 0.05) is 77.0 Å². The van der Waals surface area contributed by atoms with Gasteiger partial charge in [-0.05, 0) is 72.8 Å². The molecule has 0 N–H and O–H groups in total. The molecule has 0 fully saturated rings. The Labute approximate surface area is 330 Å². The van der Waals surface area contributed by atoms with Crippen LogP contribution in [-0.2, 0) is 0 Å². The lowest BCUT2D eigenvalue weighted by molar-refractivity contribution is 1.35. The molecular weight excluding hydrogens is 731 g/mol. The summed E-state index contributed by atoms with van der Waals surface area (Å²) in [4.78, 5) is 29.8. The molecule has 11 rings (SSSR count). The van der Waals surface area contributed by atoms with Crippen LogP contribution >= 0.6 is 23.2 Å². The lowest BCUT2D eigenvalue weighted by atomic mass is 10.0.